The molecule has 0 unspecified atom stereocenters. The molecule has 112 valence electrons. The van der Waals surface area contributed by atoms with Crippen LogP contribution in [0.1, 0.15) is 48.9 Å². The van der Waals surface area contributed by atoms with Crippen LogP contribution in [-0.2, 0) is 9.53 Å². The summed E-state index contributed by atoms with van der Waals surface area (Å²) in [4.78, 5) is 25.8. The van der Waals surface area contributed by atoms with Gasteiger partial charge in [0.1, 0.15) is 0 Å². The molecular weight excluding hydrogens is 266 g/mol. The number of amides is 1. The topological polar surface area (TPSA) is 46.6 Å². The van der Waals surface area contributed by atoms with Crippen molar-refractivity contribution in [3.8, 4) is 0 Å². The van der Waals surface area contributed by atoms with E-state index in [1.165, 1.54) is 0 Å². The molecule has 1 heterocycles. The van der Waals surface area contributed by atoms with Gasteiger partial charge in [0, 0.05) is 37.7 Å². The van der Waals surface area contributed by atoms with Gasteiger partial charge in [-0.3, -0.25) is 9.59 Å². The molecular formula is C17H21NO3. The van der Waals surface area contributed by atoms with E-state index in [0.29, 0.717) is 18.4 Å². The predicted molar refractivity (Wildman–Crippen MR) is 80.6 cm³/mol. The summed E-state index contributed by atoms with van der Waals surface area (Å²) >= 11 is 0. The van der Waals surface area contributed by atoms with Gasteiger partial charge < -0.3 is 9.64 Å². The maximum atomic E-state index is 12.3. The van der Waals surface area contributed by atoms with E-state index in [-0.39, 0.29) is 17.3 Å². The summed E-state index contributed by atoms with van der Waals surface area (Å²) in [6.45, 7) is 0.777. The van der Waals surface area contributed by atoms with Crippen LogP contribution in [0.4, 0.5) is 5.69 Å². The zero-order chi connectivity index (χ0) is 14.9. The Hall–Kier alpha value is -1.68. The number of anilines is 1. The highest BCUT2D eigenvalue weighted by atomic mass is 16.5. The van der Waals surface area contributed by atoms with Crippen molar-refractivity contribution in [2.75, 3.05) is 18.6 Å². The van der Waals surface area contributed by atoms with Gasteiger partial charge in [0.15, 0.2) is 5.78 Å². The zero-order valence-corrected chi connectivity index (χ0v) is 12.4. The molecule has 1 aromatic rings. The number of methoxy groups -OCH3 is 1. The number of Topliss-reactive ketones (excluding diaryl/α,β-unsaturated/α-hetero) is 1. The number of carbonyl (C=O) groups excluding carboxylic acids is 2. The van der Waals surface area contributed by atoms with Crippen LogP contribution < -0.4 is 4.90 Å². The molecule has 1 saturated carbocycles. The standard InChI is InChI=1S/C17H21NO3/c1-21-17(9-3-10-17)12-15(19)13-5-7-14(8-6-13)18-11-2-4-16(18)20/h5-8H,2-4,9-12H2,1H3. The summed E-state index contributed by atoms with van der Waals surface area (Å²) in [7, 11) is 1.69. The van der Waals surface area contributed by atoms with E-state index in [9.17, 15) is 9.59 Å². The smallest absolute Gasteiger partial charge is 0.227 e. The molecule has 0 radical (unpaired) electrons. The molecule has 2 aliphatic rings. The summed E-state index contributed by atoms with van der Waals surface area (Å²) in [6.07, 6.45) is 5.06. The number of ether oxygens (including phenoxy) is 1. The van der Waals surface area contributed by atoms with Gasteiger partial charge >= 0.3 is 0 Å². The van der Waals surface area contributed by atoms with Gasteiger partial charge in [-0.15, -0.1) is 0 Å². The first-order chi connectivity index (χ1) is 10.1. The molecule has 4 heteroatoms. The average molecular weight is 287 g/mol. The fraction of sp³-hybridized carbons (Fsp3) is 0.529. The van der Waals surface area contributed by atoms with E-state index in [1.807, 2.05) is 24.3 Å². The van der Waals surface area contributed by atoms with E-state index in [0.717, 1.165) is 37.9 Å². The lowest BCUT2D eigenvalue weighted by molar-refractivity contribution is -0.117. The van der Waals surface area contributed by atoms with E-state index < -0.39 is 0 Å². The Morgan fingerprint density at radius 3 is 2.43 bits per heavy atom. The molecule has 0 spiro atoms. The van der Waals surface area contributed by atoms with Gasteiger partial charge in [-0.1, -0.05) is 0 Å². The second-order valence-electron chi connectivity index (χ2n) is 6.04. The van der Waals surface area contributed by atoms with Gasteiger partial charge in [-0.25, -0.2) is 0 Å². The van der Waals surface area contributed by atoms with Crippen molar-refractivity contribution in [1.82, 2.24) is 0 Å². The summed E-state index contributed by atoms with van der Waals surface area (Å²) < 4.78 is 5.51. The molecule has 1 saturated heterocycles. The third-order valence-corrected chi connectivity index (χ3v) is 4.75. The second-order valence-corrected chi connectivity index (χ2v) is 6.04. The van der Waals surface area contributed by atoms with Crippen LogP contribution in [0, 0.1) is 0 Å². The van der Waals surface area contributed by atoms with Crippen LogP contribution in [0.5, 0.6) is 0 Å². The number of benzene rings is 1. The molecule has 21 heavy (non-hydrogen) atoms. The monoisotopic (exact) mass is 287 g/mol. The molecule has 2 fully saturated rings. The van der Waals surface area contributed by atoms with Crippen molar-refractivity contribution in [1.29, 1.82) is 0 Å². The maximum absolute atomic E-state index is 12.3. The van der Waals surface area contributed by atoms with Crippen molar-refractivity contribution in [3.63, 3.8) is 0 Å². The van der Waals surface area contributed by atoms with Crippen LogP contribution in [0.2, 0.25) is 0 Å². The summed E-state index contributed by atoms with van der Waals surface area (Å²) in [6, 6.07) is 7.39. The zero-order valence-electron chi connectivity index (χ0n) is 12.4. The van der Waals surface area contributed by atoms with E-state index in [4.69, 9.17) is 4.74 Å². The lowest BCUT2D eigenvalue weighted by atomic mass is 9.76. The third-order valence-electron chi connectivity index (χ3n) is 4.75. The minimum atomic E-state index is -0.235. The van der Waals surface area contributed by atoms with Crippen molar-refractivity contribution < 1.29 is 14.3 Å². The minimum absolute atomic E-state index is 0.121. The third kappa shape index (κ3) is 2.72. The minimum Gasteiger partial charge on any atom is -0.378 e. The van der Waals surface area contributed by atoms with Crippen molar-refractivity contribution >= 4 is 17.4 Å². The maximum Gasteiger partial charge on any atom is 0.227 e. The second kappa shape index (κ2) is 5.60. The Morgan fingerprint density at radius 1 is 1.24 bits per heavy atom. The SMILES string of the molecule is COC1(CC(=O)c2ccc(N3CCCC3=O)cc2)CCC1. The number of nitrogens with zero attached hydrogens (tertiary/aromatic N) is 1. The molecule has 0 N–H and O–H groups in total. The Balaban J connectivity index is 1.69. The Bertz CT molecular complexity index is 540. The number of rotatable bonds is 5. The van der Waals surface area contributed by atoms with E-state index >= 15 is 0 Å². The largest absolute Gasteiger partial charge is 0.378 e. The fourth-order valence-corrected chi connectivity index (χ4v) is 3.17. The number of hydrogen-bond donors (Lipinski definition) is 0. The predicted octanol–water partition coefficient (Wildman–Crippen LogP) is 2.96. The van der Waals surface area contributed by atoms with Gasteiger partial charge in [-0.2, -0.15) is 0 Å². The molecule has 1 aliphatic carbocycles. The van der Waals surface area contributed by atoms with Crippen LogP contribution in [0.3, 0.4) is 0 Å². The molecule has 3 rings (SSSR count). The van der Waals surface area contributed by atoms with Crippen LogP contribution >= 0.6 is 0 Å². The molecule has 4 nitrogen and oxygen atoms in total. The average Bonchev–Trinajstić information content (AvgIpc) is 2.89. The van der Waals surface area contributed by atoms with Crippen molar-refractivity contribution in [3.05, 3.63) is 29.8 Å². The number of ketones is 1. The summed E-state index contributed by atoms with van der Waals surface area (Å²) in [5.41, 5.74) is 1.36. The van der Waals surface area contributed by atoms with Crippen LogP contribution in [0.15, 0.2) is 24.3 Å². The number of carbonyl (C=O) groups is 2. The summed E-state index contributed by atoms with van der Waals surface area (Å²) in [5.74, 6) is 0.290. The Labute approximate surface area is 125 Å². The highest BCUT2D eigenvalue weighted by Crippen LogP contribution is 2.38. The Morgan fingerprint density at radius 2 is 1.95 bits per heavy atom. The van der Waals surface area contributed by atoms with Crippen LogP contribution in [-0.4, -0.2) is 30.9 Å². The van der Waals surface area contributed by atoms with Gasteiger partial charge in [0.05, 0.1) is 5.60 Å². The normalized spacial score (nSPS) is 20.4. The van der Waals surface area contributed by atoms with Gasteiger partial charge in [0.2, 0.25) is 5.91 Å². The molecule has 0 aromatic heterocycles. The lowest BCUT2D eigenvalue weighted by Crippen LogP contribution is -2.41. The summed E-state index contributed by atoms with van der Waals surface area (Å²) in [5, 5.41) is 0. The van der Waals surface area contributed by atoms with Crippen molar-refractivity contribution in [2.24, 2.45) is 0 Å². The quantitative estimate of drug-likeness (QED) is 0.782. The molecule has 1 aromatic carbocycles. The van der Waals surface area contributed by atoms with Crippen molar-refractivity contribution in [2.45, 2.75) is 44.1 Å². The fourth-order valence-electron chi connectivity index (χ4n) is 3.17. The first-order valence-electron chi connectivity index (χ1n) is 7.62. The van der Waals surface area contributed by atoms with E-state index in [1.54, 1.807) is 12.0 Å². The highest BCUT2D eigenvalue weighted by molar-refractivity contribution is 5.98. The number of hydrogen-bond acceptors (Lipinski definition) is 3. The molecule has 1 aliphatic heterocycles. The van der Waals surface area contributed by atoms with Gasteiger partial charge in [0.25, 0.3) is 0 Å². The molecule has 0 bridgehead atoms. The Kier molecular flexibility index (Phi) is 3.81. The first kappa shape index (κ1) is 14.3. The van der Waals surface area contributed by atoms with Gasteiger partial charge in [-0.05, 0) is 49.9 Å². The molecule has 0 atom stereocenters. The highest BCUT2D eigenvalue weighted by Gasteiger charge is 2.39. The lowest BCUT2D eigenvalue weighted by Gasteiger charge is -2.40. The first-order valence-corrected chi connectivity index (χ1v) is 7.62. The van der Waals surface area contributed by atoms with E-state index in [2.05, 4.69) is 0 Å². The molecule has 1 amide bonds. The van der Waals surface area contributed by atoms with Crippen LogP contribution in [0.25, 0.3) is 0 Å².